The first kappa shape index (κ1) is 14.4. The molecule has 20 heavy (non-hydrogen) atoms. The van der Waals surface area contributed by atoms with E-state index < -0.39 is 12.1 Å². The molecule has 1 aliphatic rings. The summed E-state index contributed by atoms with van der Waals surface area (Å²) in [5, 5.41) is 2.81. The summed E-state index contributed by atoms with van der Waals surface area (Å²) >= 11 is 0. The first-order valence-electron chi connectivity index (χ1n) is 6.76. The number of hydrogen-bond donors (Lipinski definition) is 1. The van der Waals surface area contributed by atoms with Crippen molar-refractivity contribution in [3.05, 3.63) is 29.8 Å². The summed E-state index contributed by atoms with van der Waals surface area (Å²) in [5.74, 6) is -0.709. The number of hydrogen-bond acceptors (Lipinski definition) is 4. The molecule has 0 aromatic heterocycles. The van der Waals surface area contributed by atoms with E-state index >= 15 is 0 Å². The van der Waals surface area contributed by atoms with Gasteiger partial charge in [-0.15, -0.1) is 0 Å². The summed E-state index contributed by atoms with van der Waals surface area (Å²) in [4.78, 5) is 25.6. The minimum absolute atomic E-state index is 0.231. The van der Waals surface area contributed by atoms with Crippen LogP contribution in [0.1, 0.15) is 30.1 Å². The van der Waals surface area contributed by atoms with Crippen LogP contribution >= 0.6 is 0 Å². The van der Waals surface area contributed by atoms with Crippen LogP contribution in [-0.2, 0) is 9.53 Å². The van der Waals surface area contributed by atoms with E-state index in [9.17, 15) is 9.59 Å². The van der Waals surface area contributed by atoms with E-state index in [2.05, 4.69) is 5.32 Å². The molecule has 0 heterocycles. The highest BCUT2D eigenvalue weighted by Crippen LogP contribution is 2.19. The molecule has 108 valence electrons. The summed E-state index contributed by atoms with van der Waals surface area (Å²) < 4.78 is 5.16. The van der Waals surface area contributed by atoms with Crippen molar-refractivity contribution in [2.75, 3.05) is 19.0 Å². The number of nitrogens with zero attached hydrogens (tertiary/aromatic N) is 1. The van der Waals surface area contributed by atoms with Crippen LogP contribution in [0.25, 0.3) is 0 Å². The summed E-state index contributed by atoms with van der Waals surface area (Å²) in [5.41, 5.74) is 1.45. The Bertz CT molecular complexity index is 492. The lowest BCUT2D eigenvalue weighted by atomic mass is 10.2. The molecule has 1 saturated carbocycles. The van der Waals surface area contributed by atoms with E-state index in [1.165, 1.54) is 0 Å². The number of ether oxygens (including phenoxy) is 1. The topological polar surface area (TPSA) is 58.6 Å². The number of nitrogens with one attached hydrogen (secondary N) is 1. The second-order valence-corrected chi connectivity index (χ2v) is 5.27. The number of amides is 1. The van der Waals surface area contributed by atoms with Crippen LogP contribution in [0, 0.1) is 0 Å². The van der Waals surface area contributed by atoms with E-state index in [4.69, 9.17) is 4.74 Å². The van der Waals surface area contributed by atoms with Gasteiger partial charge >= 0.3 is 5.97 Å². The largest absolute Gasteiger partial charge is 0.449 e. The average Bonchev–Trinajstić information content (AvgIpc) is 3.22. The molecule has 5 heteroatoms. The minimum Gasteiger partial charge on any atom is -0.449 e. The zero-order chi connectivity index (χ0) is 14.7. The van der Waals surface area contributed by atoms with Crippen LogP contribution in [0.15, 0.2) is 24.3 Å². The highest BCUT2D eigenvalue weighted by Gasteiger charge is 2.27. The monoisotopic (exact) mass is 276 g/mol. The van der Waals surface area contributed by atoms with Gasteiger partial charge in [0.25, 0.3) is 5.91 Å². The maximum Gasteiger partial charge on any atom is 0.338 e. The van der Waals surface area contributed by atoms with Crippen LogP contribution < -0.4 is 10.2 Å². The predicted molar refractivity (Wildman–Crippen MR) is 76.8 cm³/mol. The third-order valence-corrected chi connectivity index (χ3v) is 3.20. The van der Waals surface area contributed by atoms with Gasteiger partial charge in [0.05, 0.1) is 5.56 Å². The van der Waals surface area contributed by atoms with Gasteiger partial charge in [-0.2, -0.15) is 0 Å². The zero-order valence-electron chi connectivity index (χ0n) is 12.1. The van der Waals surface area contributed by atoms with Crippen LogP contribution in [-0.4, -0.2) is 38.1 Å². The lowest BCUT2D eigenvalue weighted by Crippen LogP contribution is -2.37. The summed E-state index contributed by atoms with van der Waals surface area (Å²) in [6.45, 7) is 1.59. The number of carbonyl (C=O) groups excluding carboxylic acids is 2. The number of benzene rings is 1. The molecule has 1 aromatic rings. The van der Waals surface area contributed by atoms with Crippen molar-refractivity contribution in [1.82, 2.24) is 5.32 Å². The fourth-order valence-electron chi connectivity index (χ4n) is 1.72. The molecule has 0 aliphatic heterocycles. The van der Waals surface area contributed by atoms with Crippen molar-refractivity contribution in [2.45, 2.75) is 31.9 Å². The Morgan fingerprint density at radius 1 is 1.25 bits per heavy atom. The van der Waals surface area contributed by atoms with Crippen molar-refractivity contribution in [1.29, 1.82) is 0 Å². The lowest BCUT2D eigenvalue weighted by Gasteiger charge is -2.14. The molecule has 1 fully saturated rings. The highest BCUT2D eigenvalue weighted by atomic mass is 16.5. The molecule has 1 aliphatic carbocycles. The SMILES string of the molecule is C[C@@H](OC(=O)c1ccc(N(C)C)cc1)C(=O)NC1CC1. The van der Waals surface area contributed by atoms with Crippen LogP contribution in [0.2, 0.25) is 0 Å². The fraction of sp³-hybridized carbons (Fsp3) is 0.467. The van der Waals surface area contributed by atoms with Crippen molar-refractivity contribution in [3.63, 3.8) is 0 Å². The molecular weight excluding hydrogens is 256 g/mol. The van der Waals surface area contributed by atoms with Crippen molar-refractivity contribution < 1.29 is 14.3 Å². The molecule has 1 N–H and O–H groups in total. The minimum atomic E-state index is -0.767. The lowest BCUT2D eigenvalue weighted by molar-refractivity contribution is -0.129. The molecule has 0 bridgehead atoms. The Kier molecular flexibility index (Phi) is 4.27. The Morgan fingerprint density at radius 2 is 1.85 bits per heavy atom. The molecule has 2 rings (SSSR count). The maximum absolute atomic E-state index is 11.9. The van der Waals surface area contributed by atoms with Gasteiger partial charge in [0.15, 0.2) is 6.10 Å². The first-order valence-corrected chi connectivity index (χ1v) is 6.76. The summed E-state index contributed by atoms with van der Waals surface area (Å²) in [6, 6.07) is 7.34. The Morgan fingerprint density at radius 3 is 2.35 bits per heavy atom. The average molecular weight is 276 g/mol. The third kappa shape index (κ3) is 3.73. The smallest absolute Gasteiger partial charge is 0.338 e. The fourth-order valence-corrected chi connectivity index (χ4v) is 1.72. The van der Waals surface area contributed by atoms with Crippen LogP contribution in [0.4, 0.5) is 5.69 Å². The van der Waals surface area contributed by atoms with Gasteiger partial charge in [0, 0.05) is 25.8 Å². The predicted octanol–water partition coefficient (Wildman–Crippen LogP) is 1.58. The van der Waals surface area contributed by atoms with Crippen LogP contribution in [0.3, 0.4) is 0 Å². The first-order chi connectivity index (χ1) is 9.47. The van der Waals surface area contributed by atoms with Gasteiger partial charge < -0.3 is 15.0 Å². The Hall–Kier alpha value is -2.04. The molecule has 0 spiro atoms. The number of carbonyl (C=O) groups is 2. The second kappa shape index (κ2) is 5.94. The number of rotatable bonds is 5. The summed E-state index contributed by atoms with van der Waals surface area (Å²) in [7, 11) is 3.86. The Balaban J connectivity index is 1.91. The highest BCUT2D eigenvalue weighted by molar-refractivity contribution is 5.92. The normalized spacial score (nSPS) is 15.3. The van der Waals surface area contributed by atoms with Crippen molar-refractivity contribution in [2.24, 2.45) is 0 Å². The van der Waals surface area contributed by atoms with Gasteiger partial charge in [-0.25, -0.2) is 4.79 Å². The van der Waals surface area contributed by atoms with E-state index in [1.807, 2.05) is 31.1 Å². The van der Waals surface area contributed by atoms with Crippen molar-refractivity contribution in [3.8, 4) is 0 Å². The summed E-state index contributed by atoms with van der Waals surface area (Å²) in [6.07, 6.45) is 1.26. The quantitative estimate of drug-likeness (QED) is 0.829. The van der Waals surface area contributed by atoms with E-state index in [0.29, 0.717) is 5.56 Å². The van der Waals surface area contributed by atoms with Crippen LogP contribution in [0.5, 0.6) is 0 Å². The molecule has 0 saturated heterocycles. The van der Waals surface area contributed by atoms with E-state index in [1.54, 1.807) is 19.1 Å². The van der Waals surface area contributed by atoms with Gasteiger partial charge in [0.2, 0.25) is 0 Å². The molecule has 0 radical (unpaired) electrons. The van der Waals surface area contributed by atoms with E-state index in [-0.39, 0.29) is 11.9 Å². The second-order valence-electron chi connectivity index (χ2n) is 5.27. The molecule has 1 amide bonds. The van der Waals surface area contributed by atoms with E-state index in [0.717, 1.165) is 18.5 Å². The van der Waals surface area contributed by atoms with Crippen molar-refractivity contribution >= 4 is 17.6 Å². The van der Waals surface area contributed by atoms with Gasteiger partial charge in [0.1, 0.15) is 0 Å². The molecular formula is C15H20N2O3. The standard InChI is InChI=1S/C15H20N2O3/c1-10(14(18)16-12-6-7-12)20-15(19)11-4-8-13(9-5-11)17(2)3/h4-5,8-10,12H,6-7H2,1-3H3,(H,16,18)/t10-/m1/s1. The molecule has 1 atom stereocenters. The molecule has 1 aromatic carbocycles. The van der Waals surface area contributed by atoms with Gasteiger partial charge in [-0.05, 0) is 44.0 Å². The zero-order valence-corrected chi connectivity index (χ0v) is 12.1. The maximum atomic E-state index is 11.9. The third-order valence-electron chi connectivity index (χ3n) is 3.20. The molecule has 0 unspecified atom stereocenters. The van der Waals surface area contributed by atoms with Gasteiger partial charge in [-0.3, -0.25) is 4.79 Å². The van der Waals surface area contributed by atoms with Gasteiger partial charge in [-0.1, -0.05) is 0 Å². The Labute approximate surface area is 118 Å². The number of anilines is 1. The number of esters is 1. The molecule has 5 nitrogen and oxygen atoms in total.